The van der Waals surface area contributed by atoms with Gasteiger partial charge < -0.3 is 10.6 Å². The molecule has 0 fully saturated rings. The zero-order chi connectivity index (χ0) is 9.84. The van der Waals surface area contributed by atoms with Crippen LogP contribution < -0.4 is 10.6 Å². The van der Waals surface area contributed by atoms with Gasteiger partial charge in [-0.3, -0.25) is 0 Å². The number of aryl methyl sites for hydroxylation is 1. The van der Waals surface area contributed by atoms with Crippen molar-refractivity contribution in [1.29, 1.82) is 0 Å². The van der Waals surface area contributed by atoms with Crippen molar-refractivity contribution in [2.75, 3.05) is 18.5 Å². The van der Waals surface area contributed by atoms with Crippen molar-refractivity contribution >= 4 is 5.69 Å². The predicted octanol–water partition coefficient (Wildman–Crippen LogP) is 1.78. The van der Waals surface area contributed by atoms with Crippen LogP contribution in [0.5, 0.6) is 0 Å². The molecule has 0 radical (unpaired) electrons. The van der Waals surface area contributed by atoms with Crippen LogP contribution >= 0.6 is 0 Å². The smallest absolute Gasteiger partial charge is 0.0366 e. The maximum Gasteiger partial charge on any atom is 0.0366 e. The molecule has 0 aliphatic carbocycles. The van der Waals surface area contributed by atoms with E-state index in [4.69, 9.17) is 5.73 Å². The van der Waals surface area contributed by atoms with Gasteiger partial charge in [-0.15, -0.1) is 0 Å². The number of hydrogen-bond donors (Lipinski definition) is 1. The van der Waals surface area contributed by atoms with E-state index in [1.807, 2.05) is 6.92 Å². The Hall–Kier alpha value is -1.02. The maximum absolute atomic E-state index is 5.73. The Balaban J connectivity index is 2.71. The van der Waals surface area contributed by atoms with Gasteiger partial charge in [0.2, 0.25) is 0 Å². The largest absolute Gasteiger partial charge is 0.373 e. The number of anilines is 1. The number of benzene rings is 1. The van der Waals surface area contributed by atoms with E-state index < -0.39 is 0 Å². The van der Waals surface area contributed by atoms with Gasteiger partial charge in [0.25, 0.3) is 0 Å². The lowest BCUT2D eigenvalue weighted by molar-refractivity contribution is 0.717. The summed E-state index contributed by atoms with van der Waals surface area (Å²) >= 11 is 0. The molecule has 1 rings (SSSR count). The van der Waals surface area contributed by atoms with Crippen molar-refractivity contribution in [2.45, 2.75) is 19.9 Å². The van der Waals surface area contributed by atoms with Gasteiger partial charge in [-0.2, -0.15) is 0 Å². The summed E-state index contributed by atoms with van der Waals surface area (Å²) in [4.78, 5) is 2.18. The van der Waals surface area contributed by atoms with Crippen molar-refractivity contribution in [3.63, 3.8) is 0 Å². The molecule has 0 bridgehead atoms. The second kappa shape index (κ2) is 4.28. The van der Waals surface area contributed by atoms with Crippen LogP contribution in [0.3, 0.4) is 0 Å². The third-order valence-corrected chi connectivity index (χ3v) is 2.00. The van der Waals surface area contributed by atoms with Gasteiger partial charge in [0.15, 0.2) is 0 Å². The van der Waals surface area contributed by atoms with Crippen molar-refractivity contribution in [1.82, 2.24) is 0 Å². The van der Waals surface area contributed by atoms with E-state index in [-0.39, 0.29) is 6.04 Å². The standard InChI is InChI=1S/C11H18N2/c1-9-5-4-6-11(7-9)13(3)8-10(2)12/h4-7,10H,8,12H2,1-3H3/t10-/m1/s1. The molecule has 72 valence electrons. The number of likely N-dealkylation sites (N-methyl/N-ethyl adjacent to an activating group) is 1. The second-order valence-corrected chi connectivity index (χ2v) is 3.70. The molecule has 0 amide bonds. The summed E-state index contributed by atoms with van der Waals surface area (Å²) in [6, 6.07) is 8.66. The van der Waals surface area contributed by atoms with Crippen LogP contribution in [0.2, 0.25) is 0 Å². The monoisotopic (exact) mass is 178 g/mol. The van der Waals surface area contributed by atoms with Crippen LogP contribution in [0, 0.1) is 6.92 Å². The van der Waals surface area contributed by atoms with Crippen LogP contribution in [0.1, 0.15) is 12.5 Å². The van der Waals surface area contributed by atoms with E-state index in [1.54, 1.807) is 0 Å². The second-order valence-electron chi connectivity index (χ2n) is 3.70. The molecule has 1 atom stereocenters. The van der Waals surface area contributed by atoms with Gasteiger partial charge >= 0.3 is 0 Å². The highest BCUT2D eigenvalue weighted by Crippen LogP contribution is 2.13. The molecule has 2 nitrogen and oxygen atoms in total. The molecule has 1 aromatic carbocycles. The summed E-state index contributed by atoms with van der Waals surface area (Å²) in [6.45, 7) is 5.01. The molecule has 1 aromatic rings. The lowest BCUT2D eigenvalue weighted by Gasteiger charge is -2.21. The summed E-state index contributed by atoms with van der Waals surface area (Å²) in [7, 11) is 2.07. The Kier molecular flexibility index (Phi) is 3.32. The minimum absolute atomic E-state index is 0.213. The van der Waals surface area contributed by atoms with E-state index in [1.165, 1.54) is 11.3 Å². The minimum atomic E-state index is 0.213. The molecule has 2 N–H and O–H groups in total. The van der Waals surface area contributed by atoms with Crippen LogP contribution in [-0.4, -0.2) is 19.6 Å². The Labute approximate surface area is 80.4 Å². The quantitative estimate of drug-likeness (QED) is 0.764. The first-order valence-electron chi connectivity index (χ1n) is 4.63. The molecule has 0 saturated heterocycles. The molecule has 0 aliphatic heterocycles. The van der Waals surface area contributed by atoms with E-state index in [9.17, 15) is 0 Å². The molecule has 0 heterocycles. The molecular formula is C11H18N2. The van der Waals surface area contributed by atoms with Crippen LogP contribution in [0.4, 0.5) is 5.69 Å². The van der Waals surface area contributed by atoms with Crippen molar-refractivity contribution in [3.05, 3.63) is 29.8 Å². The number of rotatable bonds is 3. The normalized spacial score (nSPS) is 12.6. The molecule has 13 heavy (non-hydrogen) atoms. The van der Waals surface area contributed by atoms with Crippen molar-refractivity contribution in [3.8, 4) is 0 Å². The number of nitrogens with two attached hydrogens (primary N) is 1. The summed E-state index contributed by atoms with van der Waals surface area (Å²) < 4.78 is 0. The van der Waals surface area contributed by atoms with Gasteiger partial charge in [-0.25, -0.2) is 0 Å². The maximum atomic E-state index is 5.73. The Bertz CT molecular complexity index is 269. The summed E-state index contributed by atoms with van der Waals surface area (Å²) in [5, 5.41) is 0. The first kappa shape index (κ1) is 10.1. The first-order valence-corrected chi connectivity index (χ1v) is 4.63. The molecule has 0 aromatic heterocycles. The van der Waals surface area contributed by atoms with Gasteiger partial charge in [0, 0.05) is 25.3 Å². The van der Waals surface area contributed by atoms with Crippen molar-refractivity contribution < 1.29 is 0 Å². The van der Waals surface area contributed by atoms with Crippen LogP contribution in [-0.2, 0) is 0 Å². The lowest BCUT2D eigenvalue weighted by atomic mass is 10.2. The van der Waals surface area contributed by atoms with Crippen molar-refractivity contribution in [2.24, 2.45) is 5.73 Å². The molecule has 0 unspecified atom stereocenters. The summed E-state index contributed by atoms with van der Waals surface area (Å²) in [6.07, 6.45) is 0. The van der Waals surface area contributed by atoms with Crippen LogP contribution in [0.15, 0.2) is 24.3 Å². The highest BCUT2D eigenvalue weighted by atomic mass is 15.1. The minimum Gasteiger partial charge on any atom is -0.373 e. The Morgan fingerprint density at radius 1 is 1.46 bits per heavy atom. The molecule has 0 aliphatic rings. The molecular weight excluding hydrogens is 160 g/mol. The average Bonchev–Trinajstić information content (AvgIpc) is 2.03. The third-order valence-electron chi connectivity index (χ3n) is 2.00. The fourth-order valence-corrected chi connectivity index (χ4v) is 1.40. The topological polar surface area (TPSA) is 29.3 Å². The van der Waals surface area contributed by atoms with Gasteiger partial charge in [-0.1, -0.05) is 12.1 Å². The highest BCUT2D eigenvalue weighted by Gasteiger charge is 2.02. The summed E-state index contributed by atoms with van der Waals surface area (Å²) in [5.41, 5.74) is 8.25. The zero-order valence-corrected chi connectivity index (χ0v) is 8.62. The fraction of sp³-hybridized carbons (Fsp3) is 0.455. The molecule has 0 spiro atoms. The predicted molar refractivity (Wildman–Crippen MR) is 58.1 cm³/mol. The van der Waals surface area contributed by atoms with E-state index in [0.717, 1.165) is 6.54 Å². The van der Waals surface area contributed by atoms with Gasteiger partial charge in [0.05, 0.1) is 0 Å². The Morgan fingerprint density at radius 2 is 2.15 bits per heavy atom. The van der Waals surface area contributed by atoms with Crippen LogP contribution in [0.25, 0.3) is 0 Å². The van der Waals surface area contributed by atoms with E-state index in [2.05, 4.69) is 43.1 Å². The Morgan fingerprint density at radius 3 is 2.69 bits per heavy atom. The van der Waals surface area contributed by atoms with Gasteiger partial charge in [-0.05, 0) is 31.5 Å². The summed E-state index contributed by atoms with van der Waals surface area (Å²) in [5.74, 6) is 0. The SMILES string of the molecule is Cc1cccc(N(C)C[C@@H](C)N)c1. The highest BCUT2D eigenvalue weighted by molar-refractivity contribution is 5.47. The number of hydrogen-bond acceptors (Lipinski definition) is 2. The molecule has 0 saturated carbocycles. The lowest BCUT2D eigenvalue weighted by Crippen LogP contribution is -2.32. The fourth-order valence-electron chi connectivity index (χ4n) is 1.40. The third kappa shape index (κ3) is 3.07. The molecule has 2 heteroatoms. The first-order chi connectivity index (χ1) is 6.09. The average molecular weight is 178 g/mol. The number of nitrogens with zero attached hydrogens (tertiary/aromatic N) is 1. The zero-order valence-electron chi connectivity index (χ0n) is 8.62. The van der Waals surface area contributed by atoms with E-state index in [0.29, 0.717) is 0 Å². The van der Waals surface area contributed by atoms with E-state index >= 15 is 0 Å². The van der Waals surface area contributed by atoms with Gasteiger partial charge in [0.1, 0.15) is 0 Å².